The smallest absolute Gasteiger partial charge is 0.265 e. The van der Waals surface area contributed by atoms with E-state index in [0.29, 0.717) is 6.42 Å². The molecule has 1 aliphatic heterocycles. The van der Waals surface area contributed by atoms with Crippen LogP contribution in [0.5, 0.6) is 5.75 Å². The SMILES string of the molecule is O=C(Nc1cccc(-c2ccncc2)c1)C1Cc2c(ccc3ccccc23)O1. The maximum absolute atomic E-state index is 12.8. The molecule has 4 heteroatoms. The Morgan fingerprint density at radius 1 is 0.929 bits per heavy atom. The molecule has 28 heavy (non-hydrogen) atoms. The van der Waals surface area contributed by atoms with Gasteiger partial charge in [-0.3, -0.25) is 9.78 Å². The predicted molar refractivity (Wildman–Crippen MR) is 110 cm³/mol. The van der Waals surface area contributed by atoms with Crippen LogP contribution in [0.3, 0.4) is 0 Å². The second kappa shape index (κ2) is 6.82. The molecule has 5 rings (SSSR count). The summed E-state index contributed by atoms with van der Waals surface area (Å²) in [4.78, 5) is 16.9. The molecule has 1 atom stereocenters. The summed E-state index contributed by atoms with van der Waals surface area (Å²) in [6.07, 6.45) is 3.57. The Morgan fingerprint density at radius 2 is 1.79 bits per heavy atom. The summed E-state index contributed by atoms with van der Waals surface area (Å²) in [5.74, 6) is 0.663. The zero-order valence-electron chi connectivity index (χ0n) is 15.1. The average Bonchev–Trinajstić information content (AvgIpc) is 3.20. The van der Waals surface area contributed by atoms with Gasteiger partial charge in [-0.1, -0.05) is 42.5 Å². The third-order valence-corrected chi connectivity index (χ3v) is 5.09. The largest absolute Gasteiger partial charge is 0.480 e. The van der Waals surface area contributed by atoms with Gasteiger partial charge in [-0.25, -0.2) is 0 Å². The van der Waals surface area contributed by atoms with Crippen molar-refractivity contribution in [1.29, 1.82) is 0 Å². The van der Waals surface area contributed by atoms with Gasteiger partial charge >= 0.3 is 0 Å². The van der Waals surface area contributed by atoms with Crippen LogP contribution in [-0.2, 0) is 11.2 Å². The number of ether oxygens (including phenoxy) is 1. The van der Waals surface area contributed by atoms with Crippen molar-refractivity contribution in [2.75, 3.05) is 5.32 Å². The number of hydrogen-bond acceptors (Lipinski definition) is 3. The number of carbonyl (C=O) groups excluding carboxylic acids is 1. The van der Waals surface area contributed by atoms with Gasteiger partial charge in [-0.15, -0.1) is 0 Å². The van der Waals surface area contributed by atoms with Crippen LogP contribution in [0.25, 0.3) is 21.9 Å². The molecule has 1 N–H and O–H groups in total. The van der Waals surface area contributed by atoms with E-state index in [4.69, 9.17) is 4.74 Å². The van der Waals surface area contributed by atoms with Crippen LogP contribution < -0.4 is 10.1 Å². The maximum Gasteiger partial charge on any atom is 0.265 e. The summed E-state index contributed by atoms with van der Waals surface area (Å²) in [6, 6.07) is 23.9. The quantitative estimate of drug-likeness (QED) is 0.564. The monoisotopic (exact) mass is 366 g/mol. The summed E-state index contributed by atoms with van der Waals surface area (Å²) in [7, 11) is 0. The molecular formula is C24H18N2O2. The third kappa shape index (κ3) is 2.99. The van der Waals surface area contributed by atoms with Crippen LogP contribution in [0.15, 0.2) is 85.2 Å². The lowest BCUT2D eigenvalue weighted by atomic mass is 10.0. The first kappa shape index (κ1) is 16.5. The van der Waals surface area contributed by atoms with Gasteiger partial charge in [-0.05, 0) is 52.2 Å². The number of nitrogens with one attached hydrogen (secondary N) is 1. The van der Waals surface area contributed by atoms with Crippen LogP contribution in [0.4, 0.5) is 5.69 Å². The molecule has 0 spiro atoms. The summed E-state index contributed by atoms with van der Waals surface area (Å²) in [6.45, 7) is 0. The van der Waals surface area contributed by atoms with Crippen LogP contribution in [0, 0.1) is 0 Å². The first-order chi connectivity index (χ1) is 13.8. The van der Waals surface area contributed by atoms with Gasteiger partial charge in [0.05, 0.1) is 0 Å². The first-order valence-corrected chi connectivity index (χ1v) is 9.26. The van der Waals surface area contributed by atoms with Crippen molar-refractivity contribution in [3.05, 3.63) is 90.8 Å². The Hall–Kier alpha value is -3.66. The van der Waals surface area contributed by atoms with E-state index in [9.17, 15) is 4.79 Å². The van der Waals surface area contributed by atoms with Gasteiger partial charge in [0.25, 0.3) is 5.91 Å². The molecule has 4 nitrogen and oxygen atoms in total. The van der Waals surface area contributed by atoms with Crippen molar-refractivity contribution in [2.45, 2.75) is 12.5 Å². The highest BCUT2D eigenvalue weighted by molar-refractivity contribution is 5.97. The van der Waals surface area contributed by atoms with Crippen molar-refractivity contribution < 1.29 is 9.53 Å². The predicted octanol–water partition coefficient (Wildman–Crippen LogP) is 4.84. The number of anilines is 1. The van der Waals surface area contributed by atoms with E-state index in [1.807, 2.05) is 60.7 Å². The summed E-state index contributed by atoms with van der Waals surface area (Å²) < 4.78 is 5.94. The van der Waals surface area contributed by atoms with Crippen molar-refractivity contribution in [2.24, 2.45) is 0 Å². The highest BCUT2D eigenvalue weighted by atomic mass is 16.5. The van der Waals surface area contributed by atoms with Crippen LogP contribution in [0.1, 0.15) is 5.56 Å². The molecule has 0 saturated carbocycles. The van der Waals surface area contributed by atoms with Gasteiger partial charge < -0.3 is 10.1 Å². The van der Waals surface area contributed by atoms with Crippen molar-refractivity contribution in [1.82, 2.24) is 4.98 Å². The van der Waals surface area contributed by atoms with Gasteiger partial charge in [0.15, 0.2) is 6.10 Å². The Labute approximate surface area is 162 Å². The zero-order chi connectivity index (χ0) is 18.9. The number of nitrogens with zero attached hydrogens (tertiary/aromatic N) is 1. The van der Waals surface area contributed by atoms with E-state index in [1.54, 1.807) is 12.4 Å². The Kier molecular flexibility index (Phi) is 4.02. The van der Waals surface area contributed by atoms with E-state index in [1.165, 1.54) is 0 Å². The molecule has 0 radical (unpaired) electrons. The highest BCUT2D eigenvalue weighted by Gasteiger charge is 2.30. The minimum Gasteiger partial charge on any atom is -0.480 e. The van der Waals surface area contributed by atoms with E-state index < -0.39 is 6.10 Å². The molecule has 3 aromatic carbocycles. The number of fused-ring (bicyclic) bond motifs is 3. The number of rotatable bonds is 3. The molecule has 1 unspecified atom stereocenters. The minimum absolute atomic E-state index is 0.132. The number of pyridine rings is 1. The molecule has 0 saturated heterocycles. The number of benzene rings is 3. The topological polar surface area (TPSA) is 51.2 Å². The summed E-state index contributed by atoms with van der Waals surface area (Å²) >= 11 is 0. The Morgan fingerprint density at radius 3 is 2.68 bits per heavy atom. The van der Waals surface area contributed by atoms with Gasteiger partial charge in [-0.2, -0.15) is 0 Å². The van der Waals surface area contributed by atoms with Gasteiger partial charge in [0, 0.05) is 30.1 Å². The average molecular weight is 366 g/mol. The fourth-order valence-electron chi connectivity index (χ4n) is 3.71. The maximum atomic E-state index is 12.8. The molecule has 4 aromatic rings. The van der Waals surface area contributed by atoms with Crippen LogP contribution in [0.2, 0.25) is 0 Å². The van der Waals surface area contributed by atoms with E-state index >= 15 is 0 Å². The second-order valence-electron chi connectivity index (χ2n) is 6.88. The van der Waals surface area contributed by atoms with E-state index in [2.05, 4.69) is 22.4 Å². The highest BCUT2D eigenvalue weighted by Crippen LogP contribution is 2.35. The fraction of sp³-hybridized carbons (Fsp3) is 0.0833. The first-order valence-electron chi connectivity index (χ1n) is 9.26. The fourth-order valence-corrected chi connectivity index (χ4v) is 3.71. The summed E-state index contributed by atoms with van der Waals surface area (Å²) in [5.41, 5.74) is 3.94. The van der Waals surface area contributed by atoms with E-state index in [-0.39, 0.29) is 5.91 Å². The number of aromatic nitrogens is 1. The molecule has 1 aromatic heterocycles. The van der Waals surface area contributed by atoms with Crippen molar-refractivity contribution in [3.63, 3.8) is 0 Å². The third-order valence-electron chi connectivity index (χ3n) is 5.09. The lowest BCUT2D eigenvalue weighted by Gasteiger charge is -2.12. The molecule has 2 heterocycles. The zero-order valence-corrected chi connectivity index (χ0v) is 15.1. The lowest BCUT2D eigenvalue weighted by molar-refractivity contribution is -0.122. The van der Waals surface area contributed by atoms with Crippen molar-refractivity contribution >= 4 is 22.4 Å². The molecule has 0 bridgehead atoms. The Bertz CT molecular complexity index is 1170. The second-order valence-corrected chi connectivity index (χ2v) is 6.88. The van der Waals surface area contributed by atoms with Crippen molar-refractivity contribution in [3.8, 4) is 16.9 Å². The number of amides is 1. The Balaban J connectivity index is 1.36. The number of hydrogen-bond donors (Lipinski definition) is 1. The standard InChI is InChI=1S/C24H18N2O2/c27-24(26-19-6-3-5-18(14-19)16-10-12-25-13-11-16)23-15-21-20-7-2-1-4-17(20)8-9-22(21)28-23/h1-14,23H,15H2,(H,26,27). The van der Waals surface area contributed by atoms with Crippen LogP contribution in [-0.4, -0.2) is 17.0 Å². The van der Waals surface area contributed by atoms with Crippen LogP contribution >= 0.6 is 0 Å². The minimum atomic E-state index is -0.523. The molecule has 136 valence electrons. The molecule has 1 amide bonds. The molecule has 1 aliphatic rings. The van der Waals surface area contributed by atoms with E-state index in [0.717, 1.165) is 38.9 Å². The van der Waals surface area contributed by atoms with Gasteiger partial charge in [0.2, 0.25) is 0 Å². The molecule has 0 fully saturated rings. The summed E-state index contributed by atoms with van der Waals surface area (Å²) in [5, 5.41) is 5.31. The normalized spacial score (nSPS) is 15.1. The lowest BCUT2D eigenvalue weighted by Crippen LogP contribution is -2.31. The molecule has 0 aliphatic carbocycles. The van der Waals surface area contributed by atoms with Gasteiger partial charge in [0.1, 0.15) is 5.75 Å². The molecular weight excluding hydrogens is 348 g/mol. The number of carbonyl (C=O) groups is 1.